The molecular formula is C15H13FO3. The molecule has 1 aliphatic heterocycles. The molecule has 3 rings (SSSR count). The smallest absolute Gasteiger partial charge is 0.161 e. The number of hydrogen-bond donors (Lipinski definition) is 1. The van der Waals surface area contributed by atoms with E-state index >= 15 is 0 Å². The minimum atomic E-state index is -1.02. The molecule has 2 aromatic rings. The zero-order valence-corrected chi connectivity index (χ0v) is 10.2. The highest BCUT2D eigenvalue weighted by atomic mass is 19.1. The Morgan fingerprint density at radius 2 is 1.74 bits per heavy atom. The van der Waals surface area contributed by atoms with Crippen LogP contribution in [-0.4, -0.2) is 18.3 Å². The van der Waals surface area contributed by atoms with Crippen molar-refractivity contribution in [3.05, 3.63) is 59.4 Å². The SMILES string of the molecule is OC(c1ccc2c(c1)OCCO2)c1ccccc1F. The molecule has 2 aromatic carbocycles. The topological polar surface area (TPSA) is 38.7 Å². The van der Waals surface area contributed by atoms with Crippen molar-refractivity contribution in [2.75, 3.05) is 13.2 Å². The monoisotopic (exact) mass is 260 g/mol. The Morgan fingerprint density at radius 3 is 2.53 bits per heavy atom. The Labute approximate surface area is 110 Å². The van der Waals surface area contributed by atoms with E-state index < -0.39 is 11.9 Å². The molecule has 1 unspecified atom stereocenters. The highest BCUT2D eigenvalue weighted by molar-refractivity contribution is 5.46. The first-order valence-electron chi connectivity index (χ1n) is 6.08. The van der Waals surface area contributed by atoms with Crippen LogP contribution in [0.1, 0.15) is 17.2 Å². The largest absolute Gasteiger partial charge is 0.486 e. The van der Waals surface area contributed by atoms with E-state index in [-0.39, 0.29) is 5.56 Å². The molecule has 0 saturated heterocycles. The van der Waals surface area contributed by atoms with E-state index in [0.717, 1.165) is 0 Å². The second-order valence-corrected chi connectivity index (χ2v) is 4.33. The molecule has 1 N–H and O–H groups in total. The summed E-state index contributed by atoms with van der Waals surface area (Å²) < 4.78 is 24.5. The van der Waals surface area contributed by atoms with Crippen LogP contribution in [0.25, 0.3) is 0 Å². The summed E-state index contributed by atoms with van der Waals surface area (Å²) in [5.41, 5.74) is 0.827. The molecule has 4 heteroatoms. The molecule has 0 aliphatic carbocycles. The van der Waals surface area contributed by atoms with Gasteiger partial charge in [0, 0.05) is 5.56 Å². The van der Waals surface area contributed by atoms with Crippen molar-refractivity contribution < 1.29 is 19.0 Å². The van der Waals surface area contributed by atoms with E-state index in [1.54, 1.807) is 36.4 Å². The van der Waals surface area contributed by atoms with E-state index in [9.17, 15) is 9.50 Å². The lowest BCUT2D eigenvalue weighted by Gasteiger charge is -2.20. The van der Waals surface area contributed by atoms with Crippen LogP contribution in [0.5, 0.6) is 11.5 Å². The minimum absolute atomic E-state index is 0.249. The molecule has 3 nitrogen and oxygen atoms in total. The average molecular weight is 260 g/mol. The van der Waals surface area contributed by atoms with Gasteiger partial charge in [-0.15, -0.1) is 0 Å². The number of fused-ring (bicyclic) bond motifs is 1. The predicted molar refractivity (Wildman–Crippen MR) is 67.9 cm³/mol. The first-order chi connectivity index (χ1) is 9.25. The minimum Gasteiger partial charge on any atom is -0.486 e. The quantitative estimate of drug-likeness (QED) is 0.902. The highest BCUT2D eigenvalue weighted by Gasteiger charge is 2.18. The van der Waals surface area contributed by atoms with E-state index in [1.165, 1.54) is 6.07 Å². The second kappa shape index (κ2) is 4.90. The van der Waals surface area contributed by atoms with Crippen molar-refractivity contribution in [2.24, 2.45) is 0 Å². The van der Waals surface area contributed by atoms with Gasteiger partial charge < -0.3 is 14.6 Å². The summed E-state index contributed by atoms with van der Waals surface area (Å²) >= 11 is 0. The lowest BCUT2D eigenvalue weighted by atomic mass is 10.0. The zero-order chi connectivity index (χ0) is 13.2. The van der Waals surface area contributed by atoms with Crippen molar-refractivity contribution in [1.29, 1.82) is 0 Å². The van der Waals surface area contributed by atoms with Gasteiger partial charge in [0.15, 0.2) is 11.5 Å². The lowest BCUT2D eigenvalue weighted by molar-refractivity contribution is 0.169. The average Bonchev–Trinajstić information content (AvgIpc) is 2.46. The highest BCUT2D eigenvalue weighted by Crippen LogP contribution is 2.34. The molecule has 19 heavy (non-hydrogen) atoms. The van der Waals surface area contributed by atoms with Crippen LogP contribution in [0.4, 0.5) is 4.39 Å². The lowest BCUT2D eigenvalue weighted by Crippen LogP contribution is -2.15. The third kappa shape index (κ3) is 2.27. The first kappa shape index (κ1) is 12.0. The van der Waals surface area contributed by atoms with Crippen LogP contribution < -0.4 is 9.47 Å². The molecule has 0 saturated carbocycles. The van der Waals surface area contributed by atoms with Gasteiger partial charge >= 0.3 is 0 Å². The standard InChI is InChI=1S/C15H13FO3/c16-12-4-2-1-3-11(12)15(17)10-5-6-13-14(9-10)19-8-7-18-13/h1-6,9,15,17H,7-8H2. The molecule has 0 aromatic heterocycles. The summed E-state index contributed by atoms with van der Waals surface area (Å²) in [7, 11) is 0. The summed E-state index contributed by atoms with van der Waals surface area (Å²) in [4.78, 5) is 0. The van der Waals surface area contributed by atoms with Crippen molar-refractivity contribution >= 4 is 0 Å². The number of rotatable bonds is 2. The number of halogens is 1. The van der Waals surface area contributed by atoms with Gasteiger partial charge in [-0.2, -0.15) is 0 Å². The summed E-state index contributed by atoms with van der Waals surface area (Å²) in [6, 6.07) is 11.3. The van der Waals surface area contributed by atoms with Crippen LogP contribution in [0.15, 0.2) is 42.5 Å². The first-order valence-corrected chi connectivity index (χ1v) is 6.08. The molecule has 0 spiro atoms. The summed E-state index contributed by atoms with van der Waals surface area (Å²) in [6.45, 7) is 0.995. The molecule has 0 fully saturated rings. The van der Waals surface area contributed by atoms with Gasteiger partial charge in [0.1, 0.15) is 25.1 Å². The predicted octanol–water partition coefficient (Wildman–Crippen LogP) is 2.68. The maximum Gasteiger partial charge on any atom is 0.161 e. The third-order valence-electron chi connectivity index (χ3n) is 3.08. The molecule has 1 heterocycles. The number of benzene rings is 2. The number of aliphatic hydroxyl groups excluding tert-OH is 1. The fourth-order valence-corrected chi connectivity index (χ4v) is 2.11. The van der Waals surface area contributed by atoms with E-state index in [1.807, 2.05) is 0 Å². The number of hydrogen-bond acceptors (Lipinski definition) is 3. The van der Waals surface area contributed by atoms with Crippen LogP contribution in [0, 0.1) is 5.82 Å². The van der Waals surface area contributed by atoms with Crippen molar-refractivity contribution in [3.63, 3.8) is 0 Å². The Balaban J connectivity index is 1.96. The summed E-state index contributed by atoms with van der Waals surface area (Å²) in [5, 5.41) is 10.2. The van der Waals surface area contributed by atoms with Crippen LogP contribution in [-0.2, 0) is 0 Å². The molecule has 0 radical (unpaired) electrons. The van der Waals surface area contributed by atoms with Crippen molar-refractivity contribution in [1.82, 2.24) is 0 Å². The van der Waals surface area contributed by atoms with E-state index in [2.05, 4.69) is 0 Å². The zero-order valence-electron chi connectivity index (χ0n) is 10.2. The Hall–Kier alpha value is -2.07. The molecule has 1 atom stereocenters. The normalized spacial score (nSPS) is 15.1. The van der Waals surface area contributed by atoms with Crippen LogP contribution >= 0.6 is 0 Å². The van der Waals surface area contributed by atoms with Crippen molar-refractivity contribution in [3.8, 4) is 11.5 Å². The van der Waals surface area contributed by atoms with Gasteiger partial charge in [0.2, 0.25) is 0 Å². The second-order valence-electron chi connectivity index (χ2n) is 4.33. The summed E-state index contributed by atoms with van der Waals surface area (Å²) in [6.07, 6.45) is -1.02. The number of ether oxygens (including phenoxy) is 2. The third-order valence-corrected chi connectivity index (χ3v) is 3.08. The molecular weight excluding hydrogens is 247 g/mol. The Kier molecular flexibility index (Phi) is 3.09. The molecule has 98 valence electrons. The van der Waals surface area contributed by atoms with Gasteiger partial charge in [-0.05, 0) is 23.8 Å². The molecule has 0 amide bonds. The fourth-order valence-electron chi connectivity index (χ4n) is 2.11. The van der Waals surface area contributed by atoms with Gasteiger partial charge in [-0.25, -0.2) is 4.39 Å². The van der Waals surface area contributed by atoms with Gasteiger partial charge in [-0.3, -0.25) is 0 Å². The maximum absolute atomic E-state index is 13.6. The molecule has 1 aliphatic rings. The van der Waals surface area contributed by atoms with Crippen molar-refractivity contribution in [2.45, 2.75) is 6.10 Å². The van der Waals surface area contributed by atoms with Crippen LogP contribution in [0.2, 0.25) is 0 Å². The summed E-state index contributed by atoms with van der Waals surface area (Å²) in [5.74, 6) is 0.805. The van der Waals surface area contributed by atoms with Gasteiger partial charge in [0.25, 0.3) is 0 Å². The van der Waals surface area contributed by atoms with E-state index in [0.29, 0.717) is 30.3 Å². The number of aliphatic hydroxyl groups is 1. The van der Waals surface area contributed by atoms with Gasteiger partial charge in [-0.1, -0.05) is 24.3 Å². The Bertz CT molecular complexity index is 598. The maximum atomic E-state index is 13.6. The molecule has 0 bridgehead atoms. The fraction of sp³-hybridized carbons (Fsp3) is 0.200. The van der Waals surface area contributed by atoms with E-state index in [4.69, 9.17) is 9.47 Å². The Morgan fingerprint density at radius 1 is 1.00 bits per heavy atom. The van der Waals surface area contributed by atoms with Crippen LogP contribution in [0.3, 0.4) is 0 Å². The van der Waals surface area contributed by atoms with Gasteiger partial charge in [0.05, 0.1) is 0 Å².